The van der Waals surface area contributed by atoms with Crippen molar-refractivity contribution in [2.75, 3.05) is 25.4 Å². The predicted octanol–water partition coefficient (Wildman–Crippen LogP) is 0.881. The van der Waals surface area contributed by atoms with Gasteiger partial charge in [0.15, 0.2) is 0 Å². The van der Waals surface area contributed by atoms with Crippen molar-refractivity contribution in [3.05, 3.63) is 29.8 Å². The molecule has 1 aliphatic rings. The van der Waals surface area contributed by atoms with Gasteiger partial charge in [0.2, 0.25) is 0 Å². The number of ether oxygens (including phenoxy) is 1. The van der Waals surface area contributed by atoms with E-state index >= 15 is 0 Å². The molecular weight excluding hydrogens is 244 g/mol. The monoisotopic (exact) mass is 264 g/mol. The molecule has 0 aromatic heterocycles. The summed E-state index contributed by atoms with van der Waals surface area (Å²) < 4.78 is 5.69. The summed E-state index contributed by atoms with van der Waals surface area (Å²) in [6.07, 6.45) is -0.339. The average molecular weight is 264 g/mol. The van der Waals surface area contributed by atoms with Gasteiger partial charge in [0.1, 0.15) is 0 Å². The van der Waals surface area contributed by atoms with Crippen LogP contribution in [0.15, 0.2) is 24.3 Å². The third kappa shape index (κ3) is 3.24. The van der Waals surface area contributed by atoms with E-state index in [-0.39, 0.29) is 18.6 Å². The molecule has 0 aliphatic carbocycles. The average Bonchev–Trinajstić information content (AvgIpc) is 2.36. The molecule has 1 amide bonds. The van der Waals surface area contributed by atoms with E-state index in [9.17, 15) is 9.90 Å². The highest BCUT2D eigenvalue weighted by Gasteiger charge is 2.35. The lowest BCUT2D eigenvalue weighted by Crippen LogP contribution is -2.55. The van der Waals surface area contributed by atoms with Crippen molar-refractivity contribution in [1.82, 2.24) is 4.90 Å². The van der Waals surface area contributed by atoms with E-state index < -0.39 is 5.60 Å². The molecule has 1 atom stereocenters. The second-order valence-electron chi connectivity index (χ2n) is 5.49. The molecule has 1 heterocycles. The molecule has 5 heteroatoms. The number of rotatable bonds is 2. The molecule has 5 nitrogen and oxygen atoms in total. The Morgan fingerprint density at radius 2 is 2.32 bits per heavy atom. The molecule has 104 valence electrons. The molecule has 1 aromatic rings. The summed E-state index contributed by atoms with van der Waals surface area (Å²) >= 11 is 0. The molecule has 0 spiro atoms. The van der Waals surface area contributed by atoms with Crippen molar-refractivity contribution < 1.29 is 14.6 Å². The molecule has 1 fully saturated rings. The maximum absolute atomic E-state index is 12.4. The van der Waals surface area contributed by atoms with Crippen LogP contribution in [0.4, 0.5) is 5.69 Å². The maximum atomic E-state index is 12.4. The minimum atomic E-state index is -0.457. The fourth-order valence-electron chi connectivity index (χ4n) is 2.40. The zero-order valence-electron chi connectivity index (χ0n) is 11.3. The summed E-state index contributed by atoms with van der Waals surface area (Å²) in [4.78, 5) is 14.1. The van der Waals surface area contributed by atoms with E-state index in [1.54, 1.807) is 29.2 Å². The van der Waals surface area contributed by atoms with Gasteiger partial charge in [-0.05, 0) is 32.0 Å². The van der Waals surface area contributed by atoms with Crippen molar-refractivity contribution >= 4 is 11.6 Å². The van der Waals surface area contributed by atoms with Crippen molar-refractivity contribution in [2.24, 2.45) is 0 Å². The first-order valence-electron chi connectivity index (χ1n) is 6.35. The lowest BCUT2D eigenvalue weighted by Gasteiger charge is -2.42. The lowest BCUT2D eigenvalue weighted by atomic mass is 10.0. The van der Waals surface area contributed by atoms with Gasteiger partial charge in [0.25, 0.3) is 5.91 Å². The van der Waals surface area contributed by atoms with Crippen LogP contribution >= 0.6 is 0 Å². The van der Waals surface area contributed by atoms with Crippen LogP contribution in [-0.4, -0.2) is 47.3 Å². The molecule has 19 heavy (non-hydrogen) atoms. The lowest BCUT2D eigenvalue weighted by molar-refractivity contribution is -0.139. The molecule has 0 saturated carbocycles. The Bertz CT molecular complexity index is 474. The Morgan fingerprint density at radius 3 is 2.95 bits per heavy atom. The molecule has 1 saturated heterocycles. The third-order valence-electron chi connectivity index (χ3n) is 3.11. The molecule has 1 aliphatic heterocycles. The SMILES string of the molecule is CC1(C)CN(C(=O)c2cccc(N)c2)CC(CO)O1. The van der Waals surface area contributed by atoms with Crippen molar-refractivity contribution in [1.29, 1.82) is 0 Å². The zero-order valence-corrected chi connectivity index (χ0v) is 11.3. The number of aliphatic hydroxyl groups excluding tert-OH is 1. The van der Waals surface area contributed by atoms with Gasteiger partial charge in [-0.25, -0.2) is 0 Å². The number of nitrogens with zero attached hydrogens (tertiary/aromatic N) is 1. The summed E-state index contributed by atoms with van der Waals surface area (Å²) in [6.45, 7) is 4.62. The van der Waals surface area contributed by atoms with Gasteiger partial charge in [0.05, 0.1) is 18.3 Å². The normalized spacial score (nSPS) is 22.3. The van der Waals surface area contributed by atoms with Crippen molar-refractivity contribution in [3.8, 4) is 0 Å². The van der Waals surface area contributed by atoms with Crippen molar-refractivity contribution in [3.63, 3.8) is 0 Å². The van der Waals surface area contributed by atoms with Crippen LogP contribution in [0.25, 0.3) is 0 Å². The number of aliphatic hydroxyl groups is 1. The van der Waals surface area contributed by atoms with Crippen LogP contribution in [0.2, 0.25) is 0 Å². The van der Waals surface area contributed by atoms with E-state index in [0.717, 1.165) is 0 Å². The van der Waals surface area contributed by atoms with Gasteiger partial charge in [-0.1, -0.05) is 6.07 Å². The van der Waals surface area contributed by atoms with Gasteiger partial charge in [-0.2, -0.15) is 0 Å². The topological polar surface area (TPSA) is 75.8 Å². The summed E-state index contributed by atoms with van der Waals surface area (Å²) in [6, 6.07) is 6.92. The number of nitrogen functional groups attached to an aromatic ring is 1. The number of anilines is 1. The van der Waals surface area contributed by atoms with Gasteiger partial charge < -0.3 is 20.5 Å². The quantitative estimate of drug-likeness (QED) is 0.778. The highest BCUT2D eigenvalue weighted by Crippen LogP contribution is 2.22. The van der Waals surface area contributed by atoms with Gasteiger partial charge in [-0.3, -0.25) is 4.79 Å². The Hall–Kier alpha value is -1.59. The fraction of sp³-hybridized carbons (Fsp3) is 0.500. The van der Waals surface area contributed by atoms with Crippen LogP contribution in [0, 0.1) is 0 Å². The molecule has 2 rings (SSSR count). The number of benzene rings is 1. The molecule has 1 aromatic carbocycles. The van der Waals surface area contributed by atoms with E-state index in [4.69, 9.17) is 10.5 Å². The summed E-state index contributed by atoms with van der Waals surface area (Å²) in [5.74, 6) is -0.0814. The summed E-state index contributed by atoms with van der Waals surface area (Å²) in [7, 11) is 0. The van der Waals surface area contributed by atoms with Crippen LogP contribution in [0.1, 0.15) is 24.2 Å². The number of carbonyl (C=O) groups excluding carboxylic acids is 1. The van der Waals surface area contributed by atoms with E-state index in [0.29, 0.717) is 24.3 Å². The van der Waals surface area contributed by atoms with Gasteiger partial charge in [0, 0.05) is 24.3 Å². The third-order valence-corrected chi connectivity index (χ3v) is 3.11. The van der Waals surface area contributed by atoms with E-state index in [2.05, 4.69) is 0 Å². The number of hydrogen-bond donors (Lipinski definition) is 2. The van der Waals surface area contributed by atoms with Crippen LogP contribution in [-0.2, 0) is 4.74 Å². The molecule has 3 N–H and O–H groups in total. The van der Waals surface area contributed by atoms with E-state index in [1.165, 1.54) is 0 Å². The molecular formula is C14H20N2O3. The second kappa shape index (κ2) is 5.19. The first kappa shape index (κ1) is 13.8. The zero-order chi connectivity index (χ0) is 14.0. The number of amides is 1. The highest BCUT2D eigenvalue weighted by molar-refractivity contribution is 5.95. The summed E-state index contributed by atoms with van der Waals surface area (Å²) in [5, 5.41) is 9.25. The number of hydrogen-bond acceptors (Lipinski definition) is 4. The fourth-order valence-corrected chi connectivity index (χ4v) is 2.40. The smallest absolute Gasteiger partial charge is 0.254 e. The first-order chi connectivity index (χ1) is 8.91. The highest BCUT2D eigenvalue weighted by atomic mass is 16.5. The minimum absolute atomic E-state index is 0.0814. The second-order valence-corrected chi connectivity index (χ2v) is 5.49. The van der Waals surface area contributed by atoms with Crippen LogP contribution in [0.3, 0.4) is 0 Å². The molecule has 0 radical (unpaired) electrons. The van der Waals surface area contributed by atoms with E-state index in [1.807, 2.05) is 13.8 Å². The van der Waals surface area contributed by atoms with Crippen molar-refractivity contribution in [2.45, 2.75) is 25.6 Å². The maximum Gasteiger partial charge on any atom is 0.254 e. The minimum Gasteiger partial charge on any atom is -0.399 e. The number of carbonyl (C=O) groups is 1. The Kier molecular flexibility index (Phi) is 3.78. The Balaban J connectivity index is 2.18. The largest absolute Gasteiger partial charge is 0.399 e. The van der Waals surface area contributed by atoms with Crippen LogP contribution < -0.4 is 5.73 Å². The molecule has 1 unspecified atom stereocenters. The standard InChI is InChI=1S/C14H20N2O3/c1-14(2)9-16(7-12(8-17)19-14)13(18)10-4-3-5-11(15)6-10/h3-6,12,17H,7-9,15H2,1-2H3. The van der Waals surface area contributed by atoms with Gasteiger partial charge >= 0.3 is 0 Å². The number of morpholine rings is 1. The number of nitrogens with two attached hydrogens (primary N) is 1. The molecule has 0 bridgehead atoms. The first-order valence-corrected chi connectivity index (χ1v) is 6.35. The summed E-state index contributed by atoms with van der Waals surface area (Å²) in [5.41, 5.74) is 6.37. The van der Waals surface area contributed by atoms with Gasteiger partial charge in [-0.15, -0.1) is 0 Å². The predicted molar refractivity (Wildman–Crippen MR) is 72.8 cm³/mol. The Morgan fingerprint density at radius 1 is 1.58 bits per heavy atom. The Labute approximate surface area is 113 Å². The van der Waals surface area contributed by atoms with Crippen LogP contribution in [0.5, 0.6) is 0 Å².